The van der Waals surface area contributed by atoms with Crippen LogP contribution in [0.2, 0.25) is 0 Å². The van der Waals surface area contributed by atoms with Crippen molar-refractivity contribution in [1.29, 1.82) is 0 Å². The number of aromatic nitrogens is 4. The summed E-state index contributed by atoms with van der Waals surface area (Å²) in [6.45, 7) is 2.01. The molecule has 6 N–H and O–H groups in total. The number of carbonyl (C=O) groups is 3. The topological polar surface area (TPSA) is 201 Å². The molecule has 2 aromatic heterocycles. The molecule has 1 amide bonds. The molecule has 0 bridgehead atoms. The lowest BCUT2D eigenvalue weighted by Crippen LogP contribution is -2.41. The van der Waals surface area contributed by atoms with Crippen LogP contribution in [0.5, 0.6) is 0 Å². The van der Waals surface area contributed by atoms with E-state index in [1.54, 1.807) is 30.5 Å². The highest BCUT2D eigenvalue weighted by molar-refractivity contribution is 5.96. The number of nitrogens with zero attached hydrogens (tertiary/aromatic N) is 3. The summed E-state index contributed by atoms with van der Waals surface area (Å²) >= 11 is 0. The van der Waals surface area contributed by atoms with Crippen LogP contribution < -0.4 is 16.6 Å². The van der Waals surface area contributed by atoms with E-state index in [-0.39, 0.29) is 41.4 Å². The first-order valence-corrected chi connectivity index (χ1v) is 10.5. The molecular weight excluding hydrogens is 444 g/mol. The van der Waals surface area contributed by atoms with Gasteiger partial charge in [-0.25, -0.2) is 14.8 Å². The number of nitrogens with one attached hydrogen (secondary N) is 2. The van der Waals surface area contributed by atoms with Crippen molar-refractivity contribution in [2.45, 2.75) is 38.6 Å². The molecule has 178 valence electrons. The number of nitrogens with two attached hydrogens (primary N) is 1. The van der Waals surface area contributed by atoms with Gasteiger partial charge in [-0.05, 0) is 42.9 Å². The first-order valence-electron chi connectivity index (χ1n) is 10.5. The molecule has 34 heavy (non-hydrogen) atoms. The van der Waals surface area contributed by atoms with Crippen LogP contribution >= 0.6 is 0 Å². The van der Waals surface area contributed by atoms with E-state index >= 15 is 0 Å². The van der Waals surface area contributed by atoms with E-state index in [4.69, 9.17) is 10.8 Å². The second kappa shape index (κ2) is 10.5. The highest BCUT2D eigenvalue weighted by atomic mass is 16.4. The van der Waals surface area contributed by atoms with E-state index < -0.39 is 29.4 Å². The van der Waals surface area contributed by atoms with Gasteiger partial charge in [0.05, 0.1) is 11.9 Å². The number of amides is 1. The normalized spacial score (nSPS) is 12.7. The molecule has 0 saturated carbocycles. The number of fused-ring (bicyclic) bond motifs is 1. The fraction of sp³-hybridized carbons (Fsp3) is 0.318. The van der Waals surface area contributed by atoms with Gasteiger partial charge in [-0.2, -0.15) is 4.98 Å². The minimum atomic E-state index is -1.29. The van der Waals surface area contributed by atoms with Gasteiger partial charge >= 0.3 is 11.9 Å². The Morgan fingerprint density at radius 3 is 2.47 bits per heavy atom. The lowest BCUT2D eigenvalue weighted by Gasteiger charge is -2.14. The zero-order valence-corrected chi connectivity index (χ0v) is 18.3. The van der Waals surface area contributed by atoms with Crippen molar-refractivity contribution in [2.24, 2.45) is 5.92 Å². The van der Waals surface area contributed by atoms with Crippen LogP contribution in [0.1, 0.15) is 41.4 Å². The van der Waals surface area contributed by atoms with Crippen molar-refractivity contribution in [2.75, 3.05) is 5.73 Å². The Morgan fingerprint density at radius 1 is 1.12 bits per heavy atom. The second-order valence-electron chi connectivity index (χ2n) is 7.99. The lowest BCUT2D eigenvalue weighted by atomic mass is 9.96. The quantitative estimate of drug-likeness (QED) is 0.283. The van der Waals surface area contributed by atoms with Crippen LogP contribution in [-0.2, 0) is 22.4 Å². The summed E-state index contributed by atoms with van der Waals surface area (Å²) in [4.78, 5) is 61.2. The Morgan fingerprint density at radius 2 is 1.82 bits per heavy atom. The molecule has 0 unspecified atom stereocenters. The number of rotatable bonds is 10. The summed E-state index contributed by atoms with van der Waals surface area (Å²) < 4.78 is 0. The number of aliphatic carboxylic acids is 2. The third-order valence-electron chi connectivity index (χ3n) is 5.09. The molecule has 0 saturated heterocycles. The standard InChI is InChI=1S/C22H24N6O6/c1-11(9-14-10-24-18-17(25-14)20(32)28-22(23)27-18)8-12-2-4-13(5-3-12)19(31)26-15(21(33)34)6-7-16(29)30/h2-5,10-11,15H,6-9H2,1H3,(H,26,31)(H,29,30)(H,33,34)(H3,23,24,27,28,32)/t11-,15-/m0/s1. The molecule has 12 nitrogen and oxygen atoms in total. The van der Waals surface area contributed by atoms with Crippen molar-refractivity contribution in [3.63, 3.8) is 0 Å². The van der Waals surface area contributed by atoms with E-state index in [1.165, 1.54) is 0 Å². The van der Waals surface area contributed by atoms with Crippen LogP contribution in [0.15, 0.2) is 35.3 Å². The third-order valence-corrected chi connectivity index (χ3v) is 5.09. The van der Waals surface area contributed by atoms with Crippen molar-refractivity contribution in [1.82, 2.24) is 25.3 Å². The number of carboxylic acids is 2. The third kappa shape index (κ3) is 6.34. The molecule has 0 spiro atoms. The van der Waals surface area contributed by atoms with Crippen LogP contribution in [0, 0.1) is 5.92 Å². The number of hydrogen-bond donors (Lipinski definition) is 5. The molecule has 3 aromatic rings. The van der Waals surface area contributed by atoms with E-state index in [0.29, 0.717) is 18.5 Å². The highest BCUT2D eigenvalue weighted by Gasteiger charge is 2.21. The van der Waals surface area contributed by atoms with E-state index in [1.807, 2.05) is 6.92 Å². The zero-order chi connectivity index (χ0) is 24.8. The smallest absolute Gasteiger partial charge is 0.326 e. The predicted octanol–water partition coefficient (Wildman–Crippen LogP) is 0.764. The number of nitrogen functional groups attached to an aromatic ring is 1. The predicted molar refractivity (Wildman–Crippen MR) is 121 cm³/mol. The highest BCUT2D eigenvalue weighted by Crippen LogP contribution is 2.15. The van der Waals surface area contributed by atoms with Gasteiger partial charge in [0.2, 0.25) is 5.95 Å². The summed E-state index contributed by atoms with van der Waals surface area (Å²) in [6, 6.07) is 5.41. The fourth-order valence-electron chi connectivity index (χ4n) is 3.46. The summed E-state index contributed by atoms with van der Waals surface area (Å²) in [6.07, 6.45) is 2.20. The number of benzene rings is 1. The molecule has 3 rings (SSSR count). The molecule has 0 fully saturated rings. The molecular formula is C22H24N6O6. The van der Waals surface area contributed by atoms with Gasteiger partial charge in [-0.15, -0.1) is 0 Å². The van der Waals surface area contributed by atoms with Crippen molar-refractivity contribution < 1.29 is 24.6 Å². The van der Waals surface area contributed by atoms with Crippen LogP contribution in [0.4, 0.5) is 5.95 Å². The van der Waals surface area contributed by atoms with Gasteiger partial charge in [-0.1, -0.05) is 19.1 Å². The number of hydrogen-bond acceptors (Lipinski definition) is 8. The van der Waals surface area contributed by atoms with Gasteiger partial charge in [0.25, 0.3) is 11.5 Å². The first kappa shape index (κ1) is 24.3. The van der Waals surface area contributed by atoms with Gasteiger partial charge < -0.3 is 21.3 Å². The molecule has 0 aliphatic carbocycles. The molecule has 0 aliphatic heterocycles. The molecule has 2 heterocycles. The maximum atomic E-state index is 12.4. The van der Waals surface area contributed by atoms with Crippen molar-refractivity contribution in [3.05, 3.63) is 57.6 Å². The average molecular weight is 468 g/mol. The summed E-state index contributed by atoms with van der Waals surface area (Å²) in [5.41, 5.74) is 7.21. The van der Waals surface area contributed by atoms with Gasteiger partial charge in [-0.3, -0.25) is 19.4 Å². The summed E-state index contributed by atoms with van der Waals surface area (Å²) in [7, 11) is 0. The summed E-state index contributed by atoms with van der Waals surface area (Å²) in [5.74, 6) is -2.91. The first-order chi connectivity index (χ1) is 16.1. The van der Waals surface area contributed by atoms with Gasteiger partial charge in [0.1, 0.15) is 6.04 Å². The molecule has 0 aliphatic rings. The van der Waals surface area contributed by atoms with Crippen LogP contribution in [0.25, 0.3) is 11.2 Å². The molecule has 12 heteroatoms. The van der Waals surface area contributed by atoms with Crippen molar-refractivity contribution >= 4 is 35.0 Å². The monoisotopic (exact) mass is 468 g/mol. The number of carboxylic acid groups (broad SMARTS) is 2. The minimum Gasteiger partial charge on any atom is -0.481 e. The molecule has 2 atom stereocenters. The zero-order valence-electron chi connectivity index (χ0n) is 18.3. The Bertz CT molecular complexity index is 1270. The maximum Gasteiger partial charge on any atom is 0.326 e. The minimum absolute atomic E-state index is 0.0243. The Hall–Kier alpha value is -4.35. The molecule has 0 radical (unpaired) electrons. The van der Waals surface area contributed by atoms with Crippen molar-refractivity contribution in [3.8, 4) is 0 Å². The Labute approximate surface area is 193 Å². The second-order valence-corrected chi connectivity index (χ2v) is 7.99. The number of H-pyrrole nitrogens is 1. The average Bonchev–Trinajstić information content (AvgIpc) is 2.77. The lowest BCUT2D eigenvalue weighted by molar-refractivity contribution is -0.140. The Balaban J connectivity index is 1.61. The Kier molecular flexibility index (Phi) is 7.51. The fourth-order valence-corrected chi connectivity index (χ4v) is 3.46. The van der Waals surface area contributed by atoms with E-state index in [9.17, 15) is 24.3 Å². The number of aromatic amines is 1. The van der Waals surface area contributed by atoms with E-state index in [2.05, 4.69) is 25.3 Å². The number of anilines is 1. The molecule has 1 aromatic carbocycles. The van der Waals surface area contributed by atoms with Crippen LogP contribution in [0.3, 0.4) is 0 Å². The SMILES string of the molecule is C[C@@H](Cc1ccc(C(=O)N[C@@H](CCC(=O)O)C(=O)O)cc1)Cc1cnc2nc(N)[nH]c(=O)c2n1. The van der Waals surface area contributed by atoms with E-state index in [0.717, 1.165) is 5.56 Å². The summed E-state index contributed by atoms with van der Waals surface area (Å²) in [5, 5.41) is 20.3. The van der Waals surface area contributed by atoms with Crippen LogP contribution in [-0.4, -0.2) is 54.0 Å². The maximum absolute atomic E-state index is 12.4. The largest absolute Gasteiger partial charge is 0.481 e. The number of carbonyl (C=O) groups excluding carboxylic acids is 1. The van der Waals surface area contributed by atoms with Gasteiger partial charge in [0.15, 0.2) is 11.2 Å². The van der Waals surface area contributed by atoms with Gasteiger partial charge in [0, 0.05) is 12.0 Å².